The number of urea groups is 1. The van der Waals surface area contributed by atoms with Crippen molar-refractivity contribution in [3.63, 3.8) is 0 Å². The van der Waals surface area contributed by atoms with Crippen LogP contribution in [0.25, 0.3) is 0 Å². The monoisotopic (exact) mass is 476 g/mol. The third kappa shape index (κ3) is 5.59. The largest absolute Gasteiger partial charge is 0.486 e. The van der Waals surface area contributed by atoms with Crippen LogP contribution in [0.4, 0.5) is 4.79 Å². The molecule has 3 amide bonds. The molecule has 1 unspecified atom stereocenters. The standard InChI is InChI=1S/C26H24N2O7/c29-23(28-25(31)27-15-20-16-33-21-13-7-8-14-22(21)35-20)17-34-24(30)26(32,18-9-3-1-4-10-18)19-11-5-2-6-12-19/h1-14,20,32H,15-17H2,(H2,27,28,29,31). The molecule has 1 aliphatic rings. The summed E-state index contributed by atoms with van der Waals surface area (Å²) in [7, 11) is 0. The van der Waals surface area contributed by atoms with Gasteiger partial charge in [-0.25, -0.2) is 9.59 Å². The third-order valence-corrected chi connectivity index (χ3v) is 5.32. The van der Waals surface area contributed by atoms with Crippen molar-refractivity contribution in [2.45, 2.75) is 11.7 Å². The summed E-state index contributed by atoms with van der Waals surface area (Å²) in [6, 6.07) is 22.9. The first-order valence-corrected chi connectivity index (χ1v) is 10.9. The highest BCUT2D eigenvalue weighted by Crippen LogP contribution is 2.31. The number of carbonyl (C=O) groups excluding carboxylic acids is 3. The van der Waals surface area contributed by atoms with E-state index in [1.807, 2.05) is 6.07 Å². The number of rotatable bonds is 7. The highest BCUT2D eigenvalue weighted by atomic mass is 16.6. The van der Waals surface area contributed by atoms with Crippen LogP contribution in [0.15, 0.2) is 84.9 Å². The topological polar surface area (TPSA) is 123 Å². The van der Waals surface area contributed by atoms with Gasteiger partial charge in [0.25, 0.3) is 5.91 Å². The average Bonchev–Trinajstić information content (AvgIpc) is 2.91. The van der Waals surface area contributed by atoms with E-state index in [4.69, 9.17) is 14.2 Å². The molecule has 3 aromatic rings. The fourth-order valence-corrected chi connectivity index (χ4v) is 3.57. The Labute approximate surface area is 201 Å². The molecule has 9 heteroatoms. The summed E-state index contributed by atoms with van der Waals surface area (Å²) in [6.07, 6.45) is -0.435. The molecule has 0 saturated heterocycles. The van der Waals surface area contributed by atoms with Gasteiger partial charge in [0.15, 0.2) is 24.2 Å². The zero-order valence-electron chi connectivity index (χ0n) is 18.7. The summed E-state index contributed by atoms with van der Waals surface area (Å²) in [5.74, 6) is -0.711. The molecule has 0 fully saturated rings. The second kappa shape index (κ2) is 10.7. The van der Waals surface area contributed by atoms with Gasteiger partial charge in [0.2, 0.25) is 5.60 Å². The predicted molar refractivity (Wildman–Crippen MR) is 125 cm³/mol. The number of ether oxygens (including phenoxy) is 3. The van der Waals surface area contributed by atoms with Crippen molar-refractivity contribution >= 4 is 17.9 Å². The number of imide groups is 1. The van der Waals surface area contributed by atoms with E-state index in [1.165, 1.54) is 0 Å². The smallest absolute Gasteiger partial charge is 0.348 e. The van der Waals surface area contributed by atoms with Gasteiger partial charge in [-0.05, 0) is 23.3 Å². The van der Waals surface area contributed by atoms with Gasteiger partial charge in [-0.2, -0.15) is 0 Å². The van der Waals surface area contributed by atoms with Crippen molar-refractivity contribution in [3.05, 3.63) is 96.1 Å². The summed E-state index contributed by atoms with van der Waals surface area (Å²) < 4.78 is 16.4. The van der Waals surface area contributed by atoms with Crippen LogP contribution >= 0.6 is 0 Å². The van der Waals surface area contributed by atoms with Gasteiger partial charge < -0.3 is 24.6 Å². The second-order valence-corrected chi connectivity index (χ2v) is 7.77. The minimum absolute atomic E-state index is 0.0923. The first kappa shape index (κ1) is 23.8. The van der Waals surface area contributed by atoms with Crippen LogP contribution in [0.2, 0.25) is 0 Å². The number of carbonyl (C=O) groups is 3. The van der Waals surface area contributed by atoms with E-state index < -0.39 is 36.2 Å². The SMILES string of the molecule is O=C(COC(=O)C(O)(c1ccccc1)c1ccccc1)NC(=O)NCC1COc2ccccc2O1. The summed E-state index contributed by atoms with van der Waals surface area (Å²) >= 11 is 0. The Morgan fingerprint density at radius 3 is 2.09 bits per heavy atom. The van der Waals surface area contributed by atoms with Crippen LogP contribution in [0, 0.1) is 0 Å². The zero-order chi connectivity index (χ0) is 24.7. The minimum Gasteiger partial charge on any atom is -0.486 e. The van der Waals surface area contributed by atoms with E-state index in [0.29, 0.717) is 11.5 Å². The first-order chi connectivity index (χ1) is 17.0. The fourth-order valence-electron chi connectivity index (χ4n) is 3.57. The molecule has 0 aromatic heterocycles. The molecule has 0 saturated carbocycles. The van der Waals surface area contributed by atoms with E-state index >= 15 is 0 Å². The summed E-state index contributed by atoms with van der Waals surface area (Å²) in [5.41, 5.74) is -1.56. The van der Waals surface area contributed by atoms with Gasteiger partial charge >= 0.3 is 12.0 Å². The number of hydrogen-bond donors (Lipinski definition) is 3. The lowest BCUT2D eigenvalue weighted by molar-refractivity contribution is -0.164. The zero-order valence-corrected chi connectivity index (χ0v) is 18.7. The number of para-hydroxylation sites is 2. The maximum absolute atomic E-state index is 12.9. The van der Waals surface area contributed by atoms with Gasteiger partial charge in [-0.1, -0.05) is 72.8 Å². The van der Waals surface area contributed by atoms with E-state index in [1.54, 1.807) is 78.9 Å². The molecular weight excluding hydrogens is 452 g/mol. The van der Waals surface area contributed by atoms with Crippen LogP contribution in [-0.4, -0.2) is 48.9 Å². The van der Waals surface area contributed by atoms with Gasteiger partial charge in [0.05, 0.1) is 6.54 Å². The van der Waals surface area contributed by atoms with Crippen LogP contribution in [0.5, 0.6) is 11.5 Å². The molecule has 1 aliphatic heterocycles. The molecule has 0 aliphatic carbocycles. The van der Waals surface area contributed by atoms with Gasteiger partial charge in [-0.15, -0.1) is 0 Å². The predicted octanol–water partition coefficient (Wildman–Crippen LogP) is 2.13. The number of fused-ring (bicyclic) bond motifs is 1. The van der Waals surface area contributed by atoms with Gasteiger partial charge in [0, 0.05) is 0 Å². The molecule has 3 aromatic carbocycles. The highest BCUT2D eigenvalue weighted by molar-refractivity contribution is 5.96. The average molecular weight is 476 g/mol. The Balaban J connectivity index is 1.29. The summed E-state index contributed by atoms with van der Waals surface area (Å²) in [4.78, 5) is 37.2. The first-order valence-electron chi connectivity index (χ1n) is 10.9. The fraction of sp³-hybridized carbons (Fsp3) is 0.192. The maximum atomic E-state index is 12.9. The van der Waals surface area contributed by atoms with Crippen molar-refractivity contribution in [2.24, 2.45) is 0 Å². The Hall–Kier alpha value is -4.37. The maximum Gasteiger partial charge on any atom is 0.348 e. The van der Waals surface area contributed by atoms with E-state index in [2.05, 4.69) is 10.6 Å². The highest BCUT2D eigenvalue weighted by Gasteiger charge is 2.41. The molecule has 9 nitrogen and oxygen atoms in total. The molecule has 4 rings (SSSR count). The lowest BCUT2D eigenvalue weighted by atomic mass is 9.86. The van der Waals surface area contributed by atoms with E-state index in [0.717, 1.165) is 0 Å². The van der Waals surface area contributed by atoms with Crippen molar-refractivity contribution < 1.29 is 33.7 Å². The van der Waals surface area contributed by atoms with Gasteiger partial charge in [-0.3, -0.25) is 10.1 Å². The lowest BCUT2D eigenvalue weighted by Crippen LogP contribution is -2.47. The molecule has 35 heavy (non-hydrogen) atoms. The normalized spacial score (nSPS) is 14.5. The molecule has 0 bridgehead atoms. The summed E-state index contributed by atoms with van der Waals surface area (Å²) in [5, 5.41) is 15.9. The molecule has 180 valence electrons. The van der Waals surface area contributed by atoms with Crippen molar-refractivity contribution in [1.29, 1.82) is 0 Å². The Morgan fingerprint density at radius 2 is 1.46 bits per heavy atom. The molecule has 0 radical (unpaired) electrons. The van der Waals surface area contributed by atoms with Gasteiger partial charge in [0.1, 0.15) is 6.61 Å². The van der Waals surface area contributed by atoms with Crippen molar-refractivity contribution in [2.75, 3.05) is 19.8 Å². The third-order valence-electron chi connectivity index (χ3n) is 5.32. The molecule has 1 heterocycles. The lowest BCUT2D eigenvalue weighted by Gasteiger charge is -2.27. The molecule has 1 atom stereocenters. The number of esters is 1. The Bertz CT molecular complexity index is 1150. The molecule has 3 N–H and O–H groups in total. The number of aliphatic hydroxyl groups is 1. The minimum atomic E-state index is -2.13. The quantitative estimate of drug-likeness (QED) is 0.447. The summed E-state index contributed by atoms with van der Waals surface area (Å²) in [6.45, 7) is -0.431. The molecular formula is C26H24N2O7. The number of benzene rings is 3. The van der Waals surface area contributed by atoms with Crippen LogP contribution < -0.4 is 20.1 Å². The van der Waals surface area contributed by atoms with Crippen molar-refractivity contribution in [1.82, 2.24) is 10.6 Å². The van der Waals surface area contributed by atoms with E-state index in [-0.39, 0.29) is 24.3 Å². The van der Waals surface area contributed by atoms with Crippen LogP contribution in [0.1, 0.15) is 11.1 Å². The molecule has 0 spiro atoms. The van der Waals surface area contributed by atoms with Crippen molar-refractivity contribution in [3.8, 4) is 11.5 Å². The Morgan fingerprint density at radius 1 is 0.886 bits per heavy atom. The second-order valence-electron chi connectivity index (χ2n) is 7.77. The van der Waals surface area contributed by atoms with Crippen LogP contribution in [0.3, 0.4) is 0 Å². The Kier molecular flexibility index (Phi) is 7.27. The van der Waals surface area contributed by atoms with E-state index in [9.17, 15) is 19.5 Å². The van der Waals surface area contributed by atoms with Crippen LogP contribution in [-0.2, 0) is 19.9 Å². The number of nitrogens with one attached hydrogen (secondary N) is 2. The number of hydrogen-bond acceptors (Lipinski definition) is 7. The number of amides is 3.